The molecule has 0 saturated heterocycles. The highest BCUT2D eigenvalue weighted by atomic mass is 19.4. The lowest BCUT2D eigenvalue weighted by atomic mass is 10.2. The minimum atomic E-state index is -4.51. The van der Waals surface area contributed by atoms with Crippen LogP contribution in [0.4, 0.5) is 13.2 Å². The van der Waals surface area contributed by atoms with E-state index in [1.54, 1.807) is 0 Å². The molecule has 0 aliphatic rings. The highest BCUT2D eigenvalue weighted by molar-refractivity contribution is 5.98. The van der Waals surface area contributed by atoms with Crippen LogP contribution in [0.1, 0.15) is 12.5 Å². The number of amidine groups is 1. The zero-order chi connectivity index (χ0) is 13.1. The Hall–Kier alpha value is -1.99. The van der Waals surface area contributed by atoms with Gasteiger partial charge in [-0.2, -0.15) is 13.2 Å². The van der Waals surface area contributed by atoms with E-state index in [4.69, 9.17) is 10.9 Å². The Kier molecular flexibility index (Phi) is 3.77. The Labute approximate surface area is 94.7 Å². The molecule has 1 atom stereocenters. The van der Waals surface area contributed by atoms with Gasteiger partial charge in [0, 0.05) is 6.20 Å². The van der Waals surface area contributed by atoms with Crippen LogP contribution in [0.15, 0.2) is 23.5 Å². The van der Waals surface area contributed by atoms with Crippen LogP contribution in [0.2, 0.25) is 0 Å². The third-order valence-corrected chi connectivity index (χ3v) is 1.90. The van der Waals surface area contributed by atoms with Crippen LogP contribution in [-0.2, 0) is 0 Å². The zero-order valence-corrected chi connectivity index (χ0v) is 8.77. The van der Waals surface area contributed by atoms with Gasteiger partial charge in [-0.3, -0.25) is 0 Å². The molecule has 0 aromatic carbocycles. The molecule has 0 radical (unpaired) electrons. The smallest absolute Gasteiger partial charge is 0.425 e. The van der Waals surface area contributed by atoms with Gasteiger partial charge in [-0.05, 0) is 19.1 Å². The van der Waals surface area contributed by atoms with Crippen molar-refractivity contribution in [1.82, 2.24) is 4.98 Å². The molecule has 0 fully saturated rings. The van der Waals surface area contributed by atoms with Gasteiger partial charge in [0.1, 0.15) is 0 Å². The molecule has 1 aromatic heterocycles. The monoisotopic (exact) mass is 249 g/mol. The van der Waals surface area contributed by atoms with Crippen LogP contribution in [0.25, 0.3) is 0 Å². The maximum Gasteiger partial charge on any atom is 0.425 e. The summed E-state index contributed by atoms with van der Waals surface area (Å²) in [7, 11) is 0. The molecule has 0 spiro atoms. The molecule has 5 nitrogen and oxygen atoms in total. The predicted molar refractivity (Wildman–Crippen MR) is 52.9 cm³/mol. The van der Waals surface area contributed by atoms with Crippen LogP contribution in [-0.4, -0.2) is 28.3 Å². The molecule has 0 saturated carbocycles. The Morgan fingerprint density at radius 3 is 2.76 bits per heavy atom. The Morgan fingerprint density at radius 2 is 2.24 bits per heavy atom. The fourth-order valence-corrected chi connectivity index (χ4v) is 0.968. The Morgan fingerprint density at radius 1 is 1.59 bits per heavy atom. The van der Waals surface area contributed by atoms with E-state index in [9.17, 15) is 13.2 Å². The number of hydrogen-bond donors (Lipinski definition) is 2. The molecule has 3 N–H and O–H groups in total. The van der Waals surface area contributed by atoms with Crippen LogP contribution in [0.5, 0.6) is 5.88 Å². The van der Waals surface area contributed by atoms with Crippen molar-refractivity contribution in [2.75, 3.05) is 0 Å². The van der Waals surface area contributed by atoms with Gasteiger partial charge < -0.3 is 15.7 Å². The maximum absolute atomic E-state index is 12.3. The van der Waals surface area contributed by atoms with Gasteiger partial charge in [-0.15, -0.1) is 0 Å². The molecule has 8 heteroatoms. The number of pyridine rings is 1. The lowest BCUT2D eigenvalue weighted by Crippen LogP contribution is -2.32. The average Bonchev–Trinajstić information content (AvgIpc) is 2.27. The number of nitrogens with two attached hydrogens (primary N) is 1. The van der Waals surface area contributed by atoms with Gasteiger partial charge in [-0.1, -0.05) is 5.16 Å². The summed E-state index contributed by atoms with van der Waals surface area (Å²) >= 11 is 0. The first-order valence-corrected chi connectivity index (χ1v) is 4.52. The summed E-state index contributed by atoms with van der Waals surface area (Å²) in [6.07, 6.45) is -5.31. The summed E-state index contributed by atoms with van der Waals surface area (Å²) in [5.74, 6) is -0.713. The van der Waals surface area contributed by atoms with Crippen LogP contribution in [0.3, 0.4) is 0 Å². The maximum atomic E-state index is 12.3. The molecule has 0 amide bonds. The number of nitrogens with zero attached hydrogens (tertiary/aromatic N) is 2. The van der Waals surface area contributed by atoms with Crippen LogP contribution < -0.4 is 10.5 Å². The topological polar surface area (TPSA) is 80.7 Å². The van der Waals surface area contributed by atoms with Crippen molar-refractivity contribution < 1.29 is 23.1 Å². The summed E-state index contributed by atoms with van der Waals surface area (Å²) in [5, 5.41) is 11.1. The van der Waals surface area contributed by atoms with Crippen molar-refractivity contribution in [3.05, 3.63) is 23.9 Å². The molecular weight excluding hydrogens is 239 g/mol. The van der Waals surface area contributed by atoms with Gasteiger partial charge >= 0.3 is 6.18 Å². The number of ether oxygens (including phenoxy) is 1. The highest BCUT2D eigenvalue weighted by Gasteiger charge is 2.38. The summed E-state index contributed by atoms with van der Waals surface area (Å²) in [6.45, 7) is 0.838. The number of hydrogen-bond acceptors (Lipinski definition) is 4. The quantitative estimate of drug-likeness (QED) is 0.368. The van der Waals surface area contributed by atoms with Gasteiger partial charge in [0.2, 0.25) is 5.88 Å². The number of aromatic nitrogens is 1. The van der Waals surface area contributed by atoms with E-state index in [-0.39, 0.29) is 17.3 Å². The lowest BCUT2D eigenvalue weighted by molar-refractivity contribution is -0.190. The third-order valence-electron chi connectivity index (χ3n) is 1.90. The van der Waals surface area contributed by atoms with Gasteiger partial charge in [0.05, 0.1) is 5.56 Å². The summed E-state index contributed by atoms with van der Waals surface area (Å²) < 4.78 is 41.5. The van der Waals surface area contributed by atoms with Crippen LogP contribution in [0, 0.1) is 0 Å². The van der Waals surface area contributed by atoms with Gasteiger partial charge in [0.15, 0.2) is 11.9 Å². The molecule has 0 aliphatic carbocycles. The highest BCUT2D eigenvalue weighted by Crippen LogP contribution is 2.25. The molecule has 0 aliphatic heterocycles. The third kappa shape index (κ3) is 3.23. The van der Waals surface area contributed by atoms with Crippen molar-refractivity contribution in [3.8, 4) is 5.88 Å². The second-order valence-electron chi connectivity index (χ2n) is 3.14. The Balaban J connectivity index is 2.99. The lowest BCUT2D eigenvalue weighted by Gasteiger charge is -2.18. The van der Waals surface area contributed by atoms with Crippen molar-refractivity contribution in [1.29, 1.82) is 0 Å². The second kappa shape index (κ2) is 4.89. The predicted octanol–water partition coefficient (Wildman–Crippen LogP) is 1.51. The normalized spacial score (nSPS) is 14.5. The van der Waals surface area contributed by atoms with E-state index in [1.165, 1.54) is 18.3 Å². The van der Waals surface area contributed by atoms with E-state index in [1.807, 2.05) is 0 Å². The zero-order valence-electron chi connectivity index (χ0n) is 8.77. The van der Waals surface area contributed by atoms with E-state index in [0.29, 0.717) is 0 Å². The number of rotatable bonds is 3. The van der Waals surface area contributed by atoms with Gasteiger partial charge in [-0.25, -0.2) is 4.98 Å². The number of alkyl halides is 3. The van der Waals surface area contributed by atoms with E-state index in [0.717, 1.165) is 6.92 Å². The molecule has 0 bridgehead atoms. The second-order valence-corrected chi connectivity index (χ2v) is 3.14. The standard InChI is InChI=1S/C9H10F3N3O2/c1-5(9(10,11)12)17-8-6(7(13)15-16)3-2-4-14-8/h2-5,16H,1H3,(H2,13,15). The Bertz CT molecular complexity index is 420. The summed E-state index contributed by atoms with van der Waals surface area (Å²) in [6, 6.07) is 2.76. The number of halogens is 3. The first-order valence-electron chi connectivity index (χ1n) is 4.52. The van der Waals surface area contributed by atoms with Crippen LogP contribution >= 0.6 is 0 Å². The number of oxime groups is 1. The summed E-state index contributed by atoms with van der Waals surface area (Å²) in [4.78, 5) is 3.61. The molecule has 1 rings (SSSR count). The minimum absolute atomic E-state index is 0.00824. The average molecular weight is 249 g/mol. The first-order chi connectivity index (χ1) is 7.86. The molecule has 1 aromatic rings. The van der Waals surface area contributed by atoms with Gasteiger partial charge in [0.25, 0.3) is 0 Å². The van der Waals surface area contributed by atoms with Crippen molar-refractivity contribution >= 4 is 5.84 Å². The largest absolute Gasteiger partial charge is 0.464 e. The van der Waals surface area contributed by atoms with E-state index < -0.39 is 12.3 Å². The fourth-order valence-electron chi connectivity index (χ4n) is 0.968. The van der Waals surface area contributed by atoms with Crippen molar-refractivity contribution in [2.45, 2.75) is 19.2 Å². The summed E-state index contributed by atoms with van der Waals surface area (Å²) in [5.41, 5.74) is 5.27. The van der Waals surface area contributed by atoms with Crippen molar-refractivity contribution in [2.24, 2.45) is 10.9 Å². The molecular formula is C9H10F3N3O2. The van der Waals surface area contributed by atoms with E-state index >= 15 is 0 Å². The molecule has 1 heterocycles. The SMILES string of the molecule is CC(Oc1ncccc1/C(N)=N/O)C(F)(F)F. The van der Waals surface area contributed by atoms with E-state index in [2.05, 4.69) is 14.9 Å². The van der Waals surface area contributed by atoms with Crippen molar-refractivity contribution in [3.63, 3.8) is 0 Å². The fraction of sp³-hybridized carbons (Fsp3) is 0.333. The molecule has 94 valence electrons. The molecule has 1 unspecified atom stereocenters. The minimum Gasteiger partial charge on any atom is -0.464 e. The molecule has 17 heavy (non-hydrogen) atoms. The first kappa shape index (κ1) is 13.1.